The molecule has 1 atom stereocenters. The Labute approximate surface area is 378 Å². The van der Waals surface area contributed by atoms with Crippen LogP contribution in [0.25, 0.3) is 77.2 Å². The van der Waals surface area contributed by atoms with Crippen LogP contribution in [-0.2, 0) is 5.41 Å². The number of rotatable bonds is 6. The summed E-state index contributed by atoms with van der Waals surface area (Å²) in [6.45, 7) is 4.84. The lowest BCUT2D eigenvalue weighted by molar-refractivity contribution is 0.667. The van der Waals surface area contributed by atoms with E-state index in [1.807, 2.05) is 6.07 Å². The molecule has 2 aliphatic rings. The molecule has 2 aromatic heterocycles. The Hall–Kier alpha value is -8.08. The van der Waals surface area contributed by atoms with E-state index in [1.165, 1.54) is 82.6 Å². The third-order valence-corrected chi connectivity index (χ3v) is 14.0. The number of hydrogen-bond donors (Lipinski definition) is 0. The molecule has 0 saturated carbocycles. The van der Waals surface area contributed by atoms with Crippen molar-refractivity contribution in [2.45, 2.75) is 31.7 Å². The van der Waals surface area contributed by atoms with Crippen molar-refractivity contribution in [2.24, 2.45) is 9.98 Å². The molecule has 3 heterocycles. The molecule has 4 heteroatoms. The molecule has 1 unspecified atom stereocenters. The Morgan fingerprint density at radius 1 is 0.462 bits per heavy atom. The predicted octanol–water partition coefficient (Wildman–Crippen LogP) is 15.2. The molecule has 0 fully saturated rings. The van der Waals surface area contributed by atoms with Gasteiger partial charge in [0, 0.05) is 55.9 Å². The van der Waals surface area contributed by atoms with Gasteiger partial charge < -0.3 is 9.13 Å². The minimum atomic E-state index is -0.244. The van der Waals surface area contributed by atoms with Gasteiger partial charge in [0.2, 0.25) is 0 Å². The van der Waals surface area contributed by atoms with E-state index in [-0.39, 0.29) is 11.5 Å². The Morgan fingerprint density at radius 2 is 0.985 bits per heavy atom. The predicted molar refractivity (Wildman–Crippen MR) is 271 cm³/mol. The number of hydrogen-bond acceptors (Lipinski definition) is 2. The molecule has 308 valence electrons. The molecule has 0 N–H and O–H groups in total. The Kier molecular flexibility index (Phi) is 8.35. The van der Waals surface area contributed by atoms with Crippen LogP contribution in [0.5, 0.6) is 0 Å². The number of nitrogens with zero attached hydrogens (tertiary/aromatic N) is 4. The molecule has 0 bridgehead atoms. The van der Waals surface area contributed by atoms with Crippen LogP contribution >= 0.6 is 0 Å². The molecule has 0 radical (unpaired) electrons. The SMILES string of the molecule is CC1(C)c2ccccc2-c2c1c1c3ccccc3n(-c3ccc(C4CC(c5ccc(-c6ccccc6)cc5)=NC(c5ccccc5)=N4)cc3)c1c1c3ccccc3n(-c3ccccc3)c21. The number of aromatic nitrogens is 2. The van der Waals surface area contributed by atoms with E-state index in [2.05, 4.69) is 229 Å². The molecule has 9 aromatic carbocycles. The highest BCUT2D eigenvalue weighted by molar-refractivity contribution is 6.31. The first-order valence-electron chi connectivity index (χ1n) is 22.7. The molecular formula is C61H44N4. The number of fused-ring (bicyclic) bond motifs is 12. The van der Waals surface area contributed by atoms with Crippen molar-refractivity contribution >= 4 is 55.2 Å². The normalized spacial score (nSPS) is 15.3. The minimum Gasteiger partial charge on any atom is -0.309 e. The first-order valence-corrected chi connectivity index (χ1v) is 22.7. The van der Waals surface area contributed by atoms with Gasteiger partial charge in [-0.1, -0.05) is 190 Å². The zero-order valence-corrected chi connectivity index (χ0v) is 36.3. The third kappa shape index (κ3) is 5.70. The van der Waals surface area contributed by atoms with Gasteiger partial charge in [0.05, 0.1) is 33.8 Å². The Morgan fingerprint density at radius 3 is 1.68 bits per heavy atom. The summed E-state index contributed by atoms with van der Waals surface area (Å²) in [6, 6.07) is 76.9. The van der Waals surface area contributed by atoms with E-state index >= 15 is 0 Å². The minimum absolute atomic E-state index is 0.100. The number of benzene rings is 9. The second-order valence-electron chi connectivity index (χ2n) is 18.0. The third-order valence-electron chi connectivity index (χ3n) is 14.0. The average Bonchev–Trinajstić information content (AvgIpc) is 3.98. The zero-order chi connectivity index (χ0) is 43.2. The van der Waals surface area contributed by atoms with Crippen LogP contribution in [0.2, 0.25) is 0 Å². The molecule has 65 heavy (non-hydrogen) atoms. The molecule has 1 aliphatic carbocycles. The van der Waals surface area contributed by atoms with Crippen molar-refractivity contribution < 1.29 is 0 Å². The topological polar surface area (TPSA) is 34.6 Å². The standard InChI is InChI=1S/C61H44N4/c1-61(2)49-27-15-12-24-46(49)54-57(61)55-47-25-13-16-28-52(47)65(59(55)56-48-26-14-17-29-53(48)64(58(54)56)44-22-10-5-11-23-44)45-36-34-42(35-37-45)51-38-50(62-60(63-51)43-20-8-4-9-21-43)41-32-30-40(31-33-41)39-18-6-3-7-19-39/h3-37,51H,38H2,1-2H3. The van der Waals surface area contributed by atoms with E-state index in [0.717, 1.165) is 34.0 Å². The van der Waals surface area contributed by atoms with Gasteiger partial charge >= 0.3 is 0 Å². The van der Waals surface area contributed by atoms with Crippen molar-refractivity contribution in [3.05, 3.63) is 240 Å². The molecule has 13 rings (SSSR count). The van der Waals surface area contributed by atoms with Crippen LogP contribution < -0.4 is 0 Å². The van der Waals surface area contributed by atoms with Gasteiger partial charge in [-0.05, 0) is 75.3 Å². The van der Waals surface area contributed by atoms with E-state index < -0.39 is 0 Å². The van der Waals surface area contributed by atoms with Crippen LogP contribution in [0.3, 0.4) is 0 Å². The van der Waals surface area contributed by atoms with E-state index in [9.17, 15) is 0 Å². The number of aliphatic imine (C=N–C) groups is 2. The average molecular weight is 833 g/mol. The summed E-state index contributed by atoms with van der Waals surface area (Å²) in [7, 11) is 0. The Bertz CT molecular complexity index is 3720. The van der Waals surface area contributed by atoms with Crippen LogP contribution in [0.4, 0.5) is 0 Å². The zero-order valence-electron chi connectivity index (χ0n) is 36.3. The molecule has 4 nitrogen and oxygen atoms in total. The van der Waals surface area contributed by atoms with Crippen molar-refractivity contribution in [3.63, 3.8) is 0 Å². The van der Waals surface area contributed by atoms with Crippen LogP contribution in [0, 0.1) is 0 Å². The maximum atomic E-state index is 5.36. The highest BCUT2D eigenvalue weighted by Gasteiger charge is 2.41. The molecule has 0 amide bonds. The summed E-state index contributed by atoms with van der Waals surface area (Å²) in [6.07, 6.45) is 0.705. The van der Waals surface area contributed by atoms with Gasteiger partial charge in [0.1, 0.15) is 0 Å². The maximum Gasteiger partial charge on any atom is 0.155 e. The van der Waals surface area contributed by atoms with Gasteiger partial charge in [0.25, 0.3) is 0 Å². The first kappa shape index (κ1) is 37.5. The molecule has 0 saturated heterocycles. The van der Waals surface area contributed by atoms with Crippen LogP contribution in [0.1, 0.15) is 54.1 Å². The molecule has 0 spiro atoms. The van der Waals surface area contributed by atoms with E-state index in [4.69, 9.17) is 9.98 Å². The summed E-state index contributed by atoms with van der Waals surface area (Å²) >= 11 is 0. The molecular weight excluding hydrogens is 789 g/mol. The van der Waals surface area contributed by atoms with Crippen molar-refractivity contribution in [1.29, 1.82) is 0 Å². The quantitative estimate of drug-likeness (QED) is 0.160. The highest BCUT2D eigenvalue weighted by atomic mass is 15.0. The molecule has 11 aromatic rings. The van der Waals surface area contributed by atoms with E-state index in [0.29, 0.717) is 6.42 Å². The second kappa shape index (κ2) is 14.5. The van der Waals surface area contributed by atoms with Crippen molar-refractivity contribution in [2.75, 3.05) is 0 Å². The summed E-state index contributed by atoms with van der Waals surface area (Å²) in [5.41, 5.74) is 19.1. The summed E-state index contributed by atoms with van der Waals surface area (Å²) in [5, 5.41) is 5.11. The number of amidine groups is 1. The lowest BCUT2D eigenvalue weighted by Gasteiger charge is -2.23. The van der Waals surface area contributed by atoms with Crippen molar-refractivity contribution in [1.82, 2.24) is 9.13 Å². The maximum absolute atomic E-state index is 5.36. The lowest BCUT2D eigenvalue weighted by atomic mass is 9.80. The van der Waals surface area contributed by atoms with Gasteiger partial charge in [-0.15, -0.1) is 0 Å². The second-order valence-corrected chi connectivity index (χ2v) is 18.0. The Balaban J connectivity index is 1.02. The summed E-state index contributed by atoms with van der Waals surface area (Å²) in [4.78, 5) is 10.6. The van der Waals surface area contributed by atoms with E-state index in [1.54, 1.807) is 0 Å². The summed E-state index contributed by atoms with van der Waals surface area (Å²) < 4.78 is 5.06. The largest absolute Gasteiger partial charge is 0.309 e. The highest BCUT2D eigenvalue weighted by Crippen LogP contribution is 2.58. The number of para-hydroxylation sites is 3. The van der Waals surface area contributed by atoms with Gasteiger partial charge in [-0.3, -0.25) is 4.99 Å². The fraction of sp³-hybridized carbons (Fsp3) is 0.0820. The van der Waals surface area contributed by atoms with Gasteiger partial charge in [-0.2, -0.15) is 0 Å². The summed E-state index contributed by atoms with van der Waals surface area (Å²) in [5.74, 6) is 0.769. The fourth-order valence-corrected chi connectivity index (χ4v) is 11.1. The van der Waals surface area contributed by atoms with Crippen molar-refractivity contribution in [3.8, 4) is 33.6 Å². The first-order chi connectivity index (χ1) is 32.0. The lowest BCUT2D eigenvalue weighted by Crippen LogP contribution is -2.17. The van der Waals surface area contributed by atoms with Gasteiger partial charge in [0.15, 0.2) is 5.84 Å². The van der Waals surface area contributed by atoms with Crippen LogP contribution in [-0.4, -0.2) is 20.7 Å². The monoisotopic (exact) mass is 832 g/mol. The fourth-order valence-electron chi connectivity index (χ4n) is 11.1. The molecule has 1 aliphatic heterocycles. The van der Waals surface area contributed by atoms with Crippen LogP contribution in [0.15, 0.2) is 222 Å². The smallest absolute Gasteiger partial charge is 0.155 e. The van der Waals surface area contributed by atoms with Gasteiger partial charge in [-0.25, -0.2) is 4.99 Å².